The third-order valence-electron chi connectivity index (χ3n) is 4.18. The number of hydrogen-bond donors (Lipinski definition) is 1. The number of esters is 1. The average molecular weight is 372 g/mol. The van der Waals surface area contributed by atoms with Gasteiger partial charge in [0, 0.05) is 18.9 Å². The van der Waals surface area contributed by atoms with Crippen molar-refractivity contribution in [2.45, 2.75) is 32.2 Å². The first-order valence-electron chi connectivity index (χ1n) is 8.42. The van der Waals surface area contributed by atoms with Crippen LogP contribution in [0.5, 0.6) is 0 Å². The zero-order valence-electron chi connectivity index (χ0n) is 14.4. The van der Waals surface area contributed by atoms with Crippen LogP contribution in [0.4, 0.5) is 11.4 Å². The Kier molecular flexibility index (Phi) is 5.68. The second-order valence-electron chi connectivity index (χ2n) is 6.17. The van der Waals surface area contributed by atoms with Crippen molar-refractivity contribution in [3.8, 4) is 0 Å². The molecule has 0 aliphatic carbocycles. The predicted octanol–water partition coefficient (Wildman–Crippen LogP) is 2.99. The number of nitrogens with zero attached hydrogens (tertiary/aromatic N) is 1. The average Bonchev–Trinajstić information content (AvgIpc) is 3.09. The Hall–Kier alpha value is -2.67. The van der Waals surface area contributed by atoms with Crippen molar-refractivity contribution in [3.05, 3.63) is 46.7 Å². The van der Waals surface area contributed by atoms with Gasteiger partial charge in [0.05, 0.1) is 11.4 Å². The molecule has 0 unspecified atom stereocenters. The molecule has 0 spiro atoms. The number of nitrogens with one attached hydrogen (secondary N) is 1. The van der Waals surface area contributed by atoms with E-state index in [1.54, 1.807) is 42.5 Å². The molecule has 1 aliphatic heterocycles. The maximum atomic E-state index is 12.7. The SMILES string of the molecule is C[C@H]1CC(=O)Nc2ccccc2N1C(=O)COC(=O)CCc1ccsc1. The molecular formula is C19H20N2O4S. The van der Waals surface area contributed by atoms with Crippen LogP contribution in [-0.2, 0) is 25.5 Å². The monoisotopic (exact) mass is 372 g/mol. The highest BCUT2D eigenvalue weighted by atomic mass is 32.1. The number of para-hydroxylation sites is 2. The van der Waals surface area contributed by atoms with Crippen LogP contribution in [0.1, 0.15) is 25.3 Å². The molecule has 136 valence electrons. The number of thiophene rings is 1. The highest BCUT2D eigenvalue weighted by Gasteiger charge is 2.29. The van der Waals surface area contributed by atoms with Gasteiger partial charge in [0.25, 0.3) is 5.91 Å². The van der Waals surface area contributed by atoms with Gasteiger partial charge in [0.15, 0.2) is 6.61 Å². The van der Waals surface area contributed by atoms with E-state index in [-0.39, 0.29) is 37.3 Å². The number of rotatable bonds is 5. The van der Waals surface area contributed by atoms with Gasteiger partial charge in [-0.25, -0.2) is 0 Å². The Morgan fingerprint density at radius 1 is 1.31 bits per heavy atom. The summed E-state index contributed by atoms with van der Waals surface area (Å²) in [5.74, 6) is -0.896. The summed E-state index contributed by atoms with van der Waals surface area (Å²) < 4.78 is 5.15. The van der Waals surface area contributed by atoms with Gasteiger partial charge in [-0.2, -0.15) is 11.3 Å². The van der Waals surface area contributed by atoms with E-state index in [1.165, 1.54) is 4.90 Å². The van der Waals surface area contributed by atoms with Crippen LogP contribution in [0.3, 0.4) is 0 Å². The second-order valence-corrected chi connectivity index (χ2v) is 6.95. The molecule has 1 aromatic carbocycles. The number of carbonyl (C=O) groups excluding carboxylic acids is 3. The molecule has 0 bridgehead atoms. The van der Waals surface area contributed by atoms with E-state index in [1.807, 2.05) is 16.8 Å². The summed E-state index contributed by atoms with van der Waals surface area (Å²) in [7, 11) is 0. The van der Waals surface area contributed by atoms with E-state index in [0.717, 1.165) is 5.56 Å². The number of fused-ring (bicyclic) bond motifs is 1. The fourth-order valence-electron chi connectivity index (χ4n) is 2.93. The molecule has 0 saturated carbocycles. The lowest BCUT2D eigenvalue weighted by Crippen LogP contribution is -2.41. The van der Waals surface area contributed by atoms with Gasteiger partial charge < -0.3 is 15.0 Å². The number of carbonyl (C=O) groups is 3. The predicted molar refractivity (Wildman–Crippen MR) is 100 cm³/mol. The van der Waals surface area contributed by atoms with Crippen molar-refractivity contribution in [3.63, 3.8) is 0 Å². The lowest BCUT2D eigenvalue weighted by molar-refractivity contribution is -0.148. The van der Waals surface area contributed by atoms with Gasteiger partial charge in [0.1, 0.15) is 0 Å². The first kappa shape index (κ1) is 18.1. The highest BCUT2D eigenvalue weighted by Crippen LogP contribution is 2.31. The minimum atomic E-state index is -0.408. The van der Waals surface area contributed by atoms with E-state index in [4.69, 9.17) is 4.74 Å². The van der Waals surface area contributed by atoms with Crippen LogP contribution in [0.2, 0.25) is 0 Å². The first-order valence-corrected chi connectivity index (χ1v) is 9.36. The fourth-order valence-corrected chi connectivity index (χ4v) is 3.64. The minimum Gasteiger partial charge on any atom is -0.456 e. The van der Waals surface area contributed by atoms with E-state index < -0.39 is 5.97 Å². The summed E-state index contributed by atoms with van der Waals surface area (Å²) in [6.45, 7) is 1.47. The van der Waals surface area contributed by atoms with Crippen LogP contribution >= 0.6 is 11.3 Å². The summed E-state index contributed by atoms with van der Waals surface area (Å²) in [5, 5.41) is 6.74. The van der Waals surface area contributed by atoms with E-state index in [2.05, 4.69) is 5.32 Å². The number of anilines is 2. The molecule has 26 heavy (non-hydrogen) atoms. The molecule has 2 heterocycles. The quantitative estimate of drug-likeness (QED) is 0.819. The Labute approximate surface area is 155 Å². The fraction of sp³-hybridized carbons (Fsp3) is 0.316. The van der Waals surface area contributed by atoms with Crippen LogP contribution in [0, 0.1) is 0 Å². The minimum absolute atomic E-state index is 0.145. The Bertz CT molecular complexity index is 804. The molecule has 2 aromatic rings. The van der Waals surface area contributed by atoms with Gasteiger partial charge in [0.2, 0.25) is 5.91 Å². The molecule has 1 atom stereocenters. The largest absolute Gasteiger partial charge is 0.456 e. The van der Waals surface area contributed by atoms with Gasteiger partial charge in [-0.05, 0) is 47.9 Å². The molecule has 1 aliphatic rings. The number of ether oxygens (including phenoxy) is 1. The van der Waals surface area contributed by atoms with Crippen LogP contribution in [0.25, 0.3) is 0 Å². The van der Waals surface area contributed by atoms with Crippen LogP contribution in [-0.4, -0.2) is 30.4 Å². The third kappa shape index (κ3) is 4.29. The van der Waals surface area contributed by atoms with Crippen molar-refractivity contribution in [2.24, 2.45) is 0 Å². The summed E-state index contributed by atoms with van der Waals surface area (Å²) in [6.07, 6.45) is 1.01. The first-order chi connectivity index (χ1) is 12.5. The van der Waals surface area contributed by atoms with Crippen LogP contribution in [0.15, 0.2) is 41.1 Å². The maximum absolute atomic E-state index is 12.7. The zero-order valence-corrected chi connectivity index (χ0v) is 15.3. The van der Waals surface area contributed by atoms with Gasteiger partial charge >= 0.3 is 5.97 Å². The molecule has 0 fully saturated rings. The van der Waals surface area contributed by atoms with E-state index in [0.29, 0.717) is 17.8 Å². The van der Waals surface area contributed by atoms with Crippen molar-refractivity contribution in [1.82, 2.24) is 0 Å². The molecular weight excluding hydrogens is 352 g/mol. The zero-order chi connectivity index (χ0) is 18.5. The van der Waals surface area contributed by atoms with Crippen molar-refractivity contribution in [1.29, 1.82) is 0 Å². The molecule has 6 nitrogen and oxygen atoms in total. The normalized spacial score (nSPS) is 16.4. The summed E-state index contributed by atoms with van der Waals surface area (Å²) in [5.41, 5.74) is 2.28. The van der Waals surface area contributed by atoms with Gasteiger partial charge in [-0.15, -0.1) is 0 Å². The summed E-state index contributed by atoms with van der Waals surface area (Å²) in [4.78, 5) is 38.1. The lowest BCUT2D eigenvalue weighted by Gasteiger charge is -2.27. The Balaban J connectivity index is 1.63. The highest BCUT2D eigenvalue weighted by molar-refractivity contribution is 7.07. The summed E-state index contributed by atoms with van der Waals surface area (Å²) in [6, 6.07) is 8.75. The lowest BCUT2D eigenvalue weighted by atomic mass is 10.1. The Morgan fingerprint density at radius 2 is 2.12 bits per heavy atom. The van der Waals surface area contributed by atoms with Crippen molar-refractivity contribution in [2.75, 3.05) is 16.8 Å². The summed E-state index contributed by atoms with van der Waals surface area (Å²) >= 11 is 1.58. The number of aryl methyl sites for hydroxylation is 1. The second kappa shape index (κ2) is 8.14. The number of hydrogen-bond acceptors (Lipinski definition) is 5. The molecule has 7 heteroatoms. The smallest absolute Gasteiger partial charge is 0.306 e. The van der Waals surface area contributed by atoms with Gasteiger partial charge in [-0.1, -0.05) is 12.1 Å². The molecule has 1 N–H and O–H groups in total. The van der Waals surface area contributed by atoms with Crippen LogP contribution < -0.4 is 10.2 Å². The molecule has 2 amide bonds. The van der Waals surface area contributed by atoms with Gasteiger partial charge in [-0.3, -0.25) is 14.4 Å². The third-order valence-corrected chi connectivity index (χ3v) is 4.91. The van der Waals surface area contributed by atoms with E-state index >= 15 is 0 Å². The van der Waals surface area contributed by atoms with Crippen molar-refractivity contribution < 1.29 is 19.1 Å². The molecule has 3 rings (SSSR count). The standard InChI is InChI=1S/C19H20N2O4S/c1-13-10-17(22)20-15-4-2-3-5-16(15)21(13)18(23)11-25-19(24)7-6-14-8-9-26-12-14/h2-5,8-9,12-13H,6-7,10-11H2,1H3,(H,20,22)/t13-/m0/s1. The number of amides is 2. The molecule has 1 aromatic heterocycles. The molecule has 0 saturated heterocycles. The maximum Gasteiger partial charge on any atom is 0.306 e. The topological polar surface area (TPSA) is 75.7 Å². The number of benzene rings is 1. The molecule has 0 radical (unpaired) electrons. The van der Waals surface area contributed by atoms with Crippen molar-refractivity contribution >= 4 is 40.5 Å². The van der Waals surface area contributed by atoms with E-state index in [9.17, 15) is 14.4 Å². The Morgan fingerprint density at radius 3 is 2.88 bits per heavy atom.